The summed E-state index contributed by atoms with van der Waals surface area (Å²) in [6.07, 6.45) is 0. The van der Waals surface area contributed by atoms with E-state index in [9.17, 15) is 4.79 Å². The number of carboxylic acids is 1. The van der Waals surface area contributed by atoms with E-state index < -0.39 is 11.5 Å². The van der Waals surface area contributed by atoms with Gasteiger partial charge in [0.1, 0.15) is 5.75 Å². The number of carboxylic acid groups (broad SMARTS) is 1. The number of nitrogens with two attached hydrogens (primary N) is 1. The molecule has 88 valence electrons. The molecule has 16 heavy (non-hydrogen) atoms. The van der Waals surface area contributed by atoms with E-state index in [0.29, 0.717) is 16.3 Å². The second-order valence-corrected chi connectivity index (χ2v) is 3.83. The average Bonchev–Trinajstić information content (AvgIpc) is 2.27. The van der Waals surface area contributed by atoms with Crippen molar-refractivity contribution >= 4 is 17.6 Å². The Hall–Kier alpha value is -1.30. The second-order valence-electron chi connectivity index (χ2n) is 3.42. The van der Waals surface area contributed by atoms with Crippen molar-refractivity contribution in [2.45, 2.75) is 12.5 Å². The Morgan fingerprint density at radius 3 is 2.62 bits per heavy atom. The highest BCUT2D eigenvalue weighted by molar-refractivity contribution is 6.32. The monoisotopic (exact) mass is 244 g/mol. The van der Waals surface area contributed by atoms with Gasteiger partial charge in [-0.05, 0) is 24.6 Å². The Balaban J connectivity index is 3.23. The number of hydrazine groups is 1. The van der Waals surface area contributed by atoms with Crippen LogP contribution in [-0.4, -0.2) is 18.2 Å². The van der Waals surface area contributed by atoms with Crippen molar-refractivity contribution in [3.05, 3.63) is 28.8 Å². The second kappa shape index (κ2) is 4.69. The highest BCUT2D eigenvalue weighted by atomic mass is 35.5. The van der Waals surface area contributed by atoms with Gasteiger partial charge in [-0.1, -0.05) is 17.7 Å². The summed E-state index contributed by atoms with van der Waals surface area (Å²) in [5.41, 5.74) is 1.33. The fourth-order valence-corrected chi connectivity index (χ4v) is 1.50. The van der Waals surface area contributed by atoms with E-state index in [-0.39, 0.29) is 0 Å². The van der Waals surface area contributed by atoms with Gasteiger partial charge in [0.05, 0.1) is 12.1 Å². The van der Waals surface area contributed by atoms with E-state index >= 15 is 0 Å². The van der Waals surface area contributed by atoms with Crippen molar-refractivity contribution < 1.29 is 14.6 Å². The molecule has 1 aromatic rings. The van der Waals surface area contributed by atoms with Crippen molar-refractivity contribution in [3.63, 3.8) is 0 Å². The molecule has 0 saturated heterocycles. The third-order valence-electron chi connectivity index (χ3n) is 2.45. The fourth-order valence-electron chi connectivity index (χ4n) is 1.25. The summed E-state index contributed by atoms with van der Waals surface area (Å²) in [4.78, 5) is 11.1. The molecule has 1 unspecified atom stereocenters. The Kier molecular flexibility index (Phi) is 3.74. The summed E-state index contributed by atoms with van der Waals surface area (Å²) in [5.74, 6) is 4.65. The number of ether oxygens (including phenoxy) is 1. The molecule has 0 aliphatic heterocycles. The largest absolute Gasteiger partial charge is 0.495 e. The Bertz CT molecular complexity index is 411. The molecule has 0 aliphatic rings. The zero-order valence-electron chi connectivity index (χ0n) is 8.95. The number of rotatable bonds is 4. The van der Waals surface area contributed by atoms with Crippen molar-refractivity contribution in [1.29, 1.82) is 0 Å². The maximum absolute atomic E-state index is 11.1. The number of aliphatic carboxylic acids is 1. The Labute approximate surface area is 98.1 Å². The van der Waals surface area contributed by atoms with Crippen LogP contribution in [0.2, 0.25) is 5.02 Å². The van der Waals surface area contributed by atoms with Crippen LogP contribution in [0, 0.1) is 0 Å². The first-order valence-corrected chi connectivity index (χ1v) is 4.88. The minimum absolute atomic E-state index is 0.336. The lowest BCUT2D eigenvalue weighted by Gasteiger charge is -2.24. The van der Waals surface area contributed by atoms with Crippen molar-refractivity contribution in [3.8, 4) is 5.75 Å². The maximum atomic E-state index is 11.1. The number of methoxy groups -OCH3 is 1. The minimum Gasteiger partial charge on any atom is -0.495 e. The predicted octanol–water partition coefficient (Wildman–Crippen LogP) is 1.11. The van der Waals surface area contributed by atoms with Crippen LogP contribution >= 0.6 is 11.6 Å². The molecular formula is C10H13ClN2O3. The van der Waals surface area contributed by atoms with Gasteiger partial charge in [-0.15, -0.1) is 0 Å². The van der Waals surface area contributed by atoms with E-state index in [4.69, 9.17) is 27.3 Å². The van der Waals surface area contributed by atoms with Gasteiger partial charge in [0.15, 0.2) is 5.54 Å². The number of benzene rings is 1. The summed E-state index contributed by atoms with van der Waals surface area (Å²) < 4.78 is 4.98. The number of nitrogens with one attached hydrogen (secondary N) is 1. The summed E-state index contributed by atoms with van der Waals surface area (Å²) in [7, 11) is 1.48. The Morgan fingerprint density at radius 1 is 1.62 bits per heavy atom. The van der Waals surface area contributed by atoms with Gasteiger partial charge in [0.25, 0.3) is 0 Å². The van der Waals surface area contributed by atoms with Crippen molar-refractivity contribution in [1.82, 2.24) is 5.43 Å². The number of hydrogen-bond donors (Lipinski definition) is 3. The fraction of sp³-hybridized carbons (Fsp3) is 0.300. The molecule has 4 N–H and O–H groups in total. The van der Waals surface area contributed by atoms with Crippen LogP contribution in [0.5, 0.6) is 5.75 Å². The molecule has 0 aromatic heterocycles. The lowest BCUT2D eigenvalue weighted by Crippen LogP contribution is -2.50. The van der Waals surface area contributed by atoms with Gasteiger partial charge in [-0.3, -0.25) is 5.84 Å². The van der Waals surface area contributed by atoms with Crippen LogP contribution in [0.3, 0.4) is 0 Å². The molecule has 0 saturated carbocycles. The molecule has 0 bridgehead atoms. The van der Waals surface area contributed by atoms with Crippen LogP contribution in [-0.2, 0) is 10.3 Å². The van der Waals surface area contributed by atoms with Crippen molar-refractivity contribution in [2.75, 3.05) is 7.11 Å². The van der Waals surface area contributed by atoms with Crippen molar-refractivity contribution in [2.24, 2.45) is 5.84 Å². The van der Waals surface area contributed by atoms with Crippen LogP contribution < -0.4 is 16.0 Å². The minimum atomic E-state index is -1.38. The van der Waals surface area contributed by atoms with Crippen LogP contribution in [0.15, 0.2) is 18.2 Å². The molecule has 0 heterocycles. The third-order valence-corrected chi connectivity index (χ3v) is 2.74. The topological polar surface area (TPSA) is 84.6 Å². The zero-order chi connectivity index (χ0) is 12.3. The lowest BCUT2D eigenvalue weighted by molar-refractivity contribution is -0.144. The number of carbonyl (C=O) groups is 1. The van der Waals surface area contributed by atoms with E-state index in [0.717, 1.165) is 0 Å². The smallest absolute Gasteiger partial charge is 0.329 e. The van der Waals surface area contributed by atoms with Gasteiger partial charge in [-0.25, -0.2) is 10.2 Å². The molecule has 1 rings (SSSR count). The third kappa shape index (κ3) is 2.11. The first-order valence-electron chi connectivity index (χ1n) is 4.51. The summed E-state index contributed by atoms with van der Waals surface area (Å²) in [6.45, 7) is 1.45. The van der Waals surface area contributed by atoms with Gasteiger partial charge < -0.3 is 9.84 Å². The van der Waals surface area contributed by atoms with Gasteiger partial charge in [0, 0.05) is 0 Å². The van der Waals surface area contributed by atoms with Crippen LogP contribution in [0.4, 0.5) is 0 Å². The molecule has 1 aromatic carbocycles. The van der Waals surface area contributed by atoms with Crippen LogP contribution in [0.25, 0.3) is 0 Å². The number of halogens is 1. The SMILES string of the molecule is COc1ccc(C(C)(NN)C(=O)O)cc1Cl. The van der Waals surface area contributed by atoms with E-state index in [1.165, 1.54) is 20.1 Å². The highest BCUT2D eigenvalue weighted by Crippen LogP contribution is 2.29. The summed E-state index contributed by atoms with van der Waals surface area (Å²) in [5, 5.41) is 9.42. The zero-order valence-corrected chi connectivity index (χ0v) is 9.71. The molecule has 0 aliphatic carbocycles. The number of hydrogen-bond acceptors (Lipinski definition) is 4. The molecule has 5 nitrogen and oxygen atoms in total. The first-order chi connectivity index (χ1) is 7.45. The summed E-state index contributed by atoms with van der Waals surface area (Å²) >= 11 is 5.91. The lowest BCUT2D eigenvalue weighted by atomic mass is 9.93. The van der Waals surface area contributed by atoms with E-state index in [2.05, 4.69) is 5.43 Å². The van der Waals surface area contributed by atoms with Gasteiger partial charge in [0.2, 0.25) is 0 Å². The van der Waals surface area contributed by atoms with Gasteiger partial charge in [-0.2, -0.15) is 0 Å². The summed E-state index contributed by atoms with van der Waals surface area (Å²) in [6, 6.07) is 4.70. The van der Waals surface area contributed by atoms with E-state index in [1.807, 2.05) is 0 Å². The maximum Gasteiger partial charge on any atom is 0.329 e. The predicted molar refractivity (Wildman–Crippen MR) is 60.3 cm³/mol. The average molecular weight is 245 g/mol. The van der Waals surface area contributed by atoms with E-state index in [1.54, 1.807) is 12.1 Å². The molecule has 6 heteroatoms. The molecular weight excluding hydrogens is 232 g/mol. The quantitative estimate of drug-likeness (QED) is 0.546. The molecule has 0 amide bonds. The molecule has 1 atom stereocenters. The first kappa shape index (κ1) is 12.8. The highest BCUT2D eigenvalue weighted by Gasteiger charge is 2.34. The molecule has 0 fully saturated rings. The van der Waals surface area contributed by atoms with Crippen LogP contribution in [0.1, 0.15) is 12.5 Å². The van der Waals surface area contributed by atoms with Gasteiger partial charge >= 0.3 is 5.97 Å². The molecule has 0 radical (unpaired) electrons. The Morgan fingerprint density at radius 2 is 2.25 bits per heavy atom. The molecule has 0 spiro atoms. The standard InChI is InChI=1S/C10H13ClN2O3/c1-10(13-12,9(14)15)6-3-4-8(16-2)7(11)5-6/h3-5,13H,12H2,1-2H3,(H,14,15). The normalized spacial score (nSPS) is 14.2.